The Morgan fingerprint density at radius 1 is 1.36 bits per heavy atom. The summed E-state index contributed by atoms with van der Waals surface area (Å²) in [5.41, 5.74) is -0.0433. The molecule has 0 unspecified atom stereocenters. The maximum Gasteiger partial charge on any atom is 0.281 e. The second kappa shape index (κ2) is 6.64. The minimum atomic E-state index is -0.482. The monoisotopic (exact) mass is 341 g/mol. The Labute approximate surface area is 135 Å². The molecule has 0 aliphatic carbocycles. The summed E-state index contributed by atoms with van der Waals surface area (Å²) in [6.45, 7) is 3.01. The van der Waals surface area contributed by atoms with E-state index >= 15 is 0 Å². The molecule has 0 spiro atoms. The number of quaternary nitrogens is 1. The minimum Gasteiger partial charge on any atom is -0.410 e. The fourth-order valence-corrected chi connectivity index (χ4v) is 3.39. The van der Waals surface area contributed by atoms with Crippen LogP contribution in [-0.4, -0.2) is 28.2 Å². The summed E-state index contributed by atoms with van der Waals surface area (Å²) in [7, 11) is 0. The summed E-state index contributed by atoms with van der Waals surface area (Å²) in [5, 5.41) is 19.4. The number of nitro benzene ring substituents is 1. The Bertz CT molecular complexity index is 688. The number of nitrogens with zero attached hydrogens (tertiary/aromatic N) is 3. The molecule has 22 heavy (non-hydrogen) atoms. The van der Waals surface area contributed by atoms with E-state index in [-0.39, 0.29) is 5.69 Å². The molecule has 2 heterocycles. The van der Waals surface area contributed by atoms with Crippen molar-refractivity contribution in [3.8, 4) is 0 Å². The molecule has 0 radical (unpaired) electrons. The highest BCUT2D eigenvalue weighted by atomic mass is 35.5. The van der Waals surface area contributed by atoms with Gasteiger partial charge >= 0.3 is 0 Å². The van der Waals surface area contributed by atoms with Gasteiger partial charge in [-0.2, -0.15) is 0 Å². The average Bonchev–Trinajstić information content (AvgIpc) is 3.13. The molecule has 0 atom stereocenters. The number of nitrogens with one attached hydrogen (secondary N) is 1. The van der Waals surface area contributed by atoms with Gasteiger partial charge in [-0.25, -0.2) is 0 Å². The number of benzene rings is 1. The van der Waals surface area contributed by atoms with Gasteiger partial charge in [0, 0.05) is 29.9 Å². The molecule has 9 heteroatoms. The highest BCUT2D eigenvalue weighted by Crippen LogP contribution is 2.34. The minimum absolute atomic E-state index is 0.0433. The normalized spacial score (nSPS) is 15.3. The third-order valence-electron chi connectivity index (χ3n) is 3.48. The van der Waals surface area contributed by atoms with Gasteiger partial charge in [-0.05, 0) is 17.8 Å². The third kappa shape index (κ3) is 3.57. The largest absolute Gasteiger partial charge is 0.410 e. The molecule has 0 amide bonds. The third-order valence-corrected chi connectivity index (χ3v) is 4.82. The van der Waals surface area contributed by atoms with Crippen molar-refractivity contribution in [3.05, 3.63) is 39.2 Å². The maximum atomic E-state index is 10.7. The average molecular weight is 342 g/mol. The number of nitro groups is 1. The first-order valence-corrected chi connectivity index (χ1v) is 8.09. The molecule has 1 aromatic heterocycles. The molecule has 1 saturated heterocycles. The van der Waals surface area contributed by atoms with Crippen LogP contribution in [0.1, 0.15) is 18.7 Å². The first-order chi connectivity index (χ1) is 10.6. The molecule has 0 saturated carbocycles. The lowest BCUT2D eigenvalue weighted by atomic mass is 10.3. The number of likely N-dealkylation sites (tertiary alicyclic amines) is 1. The molecule has 2 aromatic rings. The van der Waals surface area contributed by atoms with Crippen LogP contribution in [0.5, 0.6) is 0 Å². The molecular formula is C13H14ClN4O3S+. The van der Waals surface area contributed by atoms with Gasteiger partial charge in [-0.3, -0.25) is 10.1 Å². The van der Waals surface area contributed by atoms with Gasteiger partial charge in [0.25, 0.3) is 16.8 Å². The predicted molar refractivity (Wildman–Crippen MR) is 80.2 cm³/mol. The smallest absolute Gasteiger partial charge is 0.281 e. The van der Waals surface area contributed by atoms with E-state index in [1.165, 1.54) is 41.6 Å². The van der Waals surface area contributed by atoms with E-state index in [0.717, 1.165) is 19.6 Å². The summed E-state index contributed by atoms with van der Waals surface area (Å²) in [4.78, 5) is 12.3. The molecule has 1 aliphatic rings. The molecule has 1 N–H and O–H groups in total. The van der Waals surface area contributed by atoms with Crippen LogP contribution in [0.4, 0.5) is 5.69 Å². The fourth-order valence-electron chi connectivity index (χ4n) is 2.40. The Morgan fingerprint density at radius 3 is 2.82 bits per heavy atom. The number of hydrogen-bond donors (Lipinski definition) is 1. The summed E-state index contributed by atoms with van der Waals surface area (Å²) >= 11 is 7.26. The predicted octanol–water partition coefficient (Wildman–Crippen LogP) is 1.96. The first kappa shape index (κ1) is 15.3. The summed E-state index contributed by atoms with van der Waals surface area (Å²) < 4.78 is 5.61. The van der Waals surface area contributed by atoms with Gasteiger partial charge in [-0.1, -0.05) is 11.6 Å². The van der Waals surface area contributed by atoms with Crippen LogP contribution in [0, 0.1) is 10.1 Å². The van der Waals surface area contributed by atoms with E-state index in [2.05, 4.69) is 10.2 Å². The van der Waals surface area contributed by atoms with Crippen molar-refractivity contribution in [2.75, 3.05) is 13.1 Å². The van der Waals surface area contributed by atoms with Crippen LogP contribution in [0.15, 0.2) is 32.7 Å². The van der Waals surface area contributed by atoms with Crippen molar-refractivity contribution in [3.63, 3.8) is 0 Å². The number of rotatable bonds is 5. The van der Waals surface area contributed by atoms with Gasteiger partial charge < -0.3 is 9.32 Å². The summed E-state index contributed by atoms with van der Waals surface area (Å²) in [6.07, 6.45) is 2.48. The van der Waals surface area contributed by atoms with Crippen molar-refractivity contribution in [2.24, 2.45) is 0 Å². The van der Waals surface area contributed by atoms with E-state index in [0.29, 0.717) is 21.0 Å². The van der Waals surface area contributed by atoms with Gasteiger partial charge in [-0.15, -0.1) is 10.2 Å². The van der Waals surface area contributed by atoms with E-state index in [4.69, 9.17) is 16.0 Å². The first-order valence-electron chi connectivity index (χ1n) is 6.89. The van der Waals surface area contributed by atoms with Crippen molar-refractivity contribution in [1.82, 2.24) is 10.2 Å². The Morgan fingerprint density at radius 2 is 2.14 bits per heavy atom. The summed E-state index contributed by atoms with van der Waals surface area (Å²) in [6, 6.07) is 4.30. The van der Waals surface area contributed by atoms with Gasteiger partial charge in [0.05, 0.1) is 23.0 Å². The Kier molecular flexibility index (Phi) is 4.60. The fraction of sp³-hybridized carbons (Fsp3) is 0.385. The van der Waals surface area contributed by atoms with Crippen molar-refractivity contribution in [2.45, 2.75) is 29.5 Å². The number of aromatic nitrogens is 2. The van der Waals surface area contributed by atoms with Gasteiger partial charge in [0.1, 0.15) is 0 Å². The highest BCUT2D eigenvalue weighted by Gasteiger charge is 2.20. The lowest BCUT2D eigenvalue weighted by molar-refractivity contribution is -0.902. The molecule has 1 aromatic carbocycles. The topological polar surface area (TPSA) is 86.5 Å². The van der Waals surface area contributed by atoms with Gasteiger partial charge in [0.15, 0.2) is 6.54 Å². The molecule has 1 fully saturated rings. The zero-order valence-electron chi connectivity index (χ0n) is 11.6. The zero-order valence-corrected chi connectivity index (χ0v) is 13.2. The number of halogens is 1. The highest BCUT2D eigenvalue weighted by molar-refractivity contribution is 7.99. The maximum absolute atomic E-state index is 10.7. The van der Waals surface area contributed by atoms with Crippen LogP contribution >= 0.6 is 23.4 Å². The lowest BCUT2D eigenvalue weighted by Gasteiger charge is -2.07. The molecule has 0 bridgehead atoms. The lowest BCUT2D eigenvalue weighted by Crippen LogP contribution is -3.08. The van der Waals surface area contributed by atoms with Crippen LogP contribution in [0.25, 0.3) is 0 Å². The second-order valence-electron chi connectivity index (χ2n) is 5.07. The molecule has 3 rings (SSSR count). The van der Waals surface area contributed by atoms with E-state index < -0.39 is 4.92 Å². The van der Waals surface area contributed by atoms with Crippen molar-refractivity contribution < 1.29 is 14.2 Å². The quantitative estimate of drug-likeness (QED) is 0.661. The Hall–Kier alpha value is -1.64. The SMILES string of the molecule is O=[N+]([O-])c1ccc(Sc2nnc(C[NH+]3CCCC3)o2)c(Cl)c1. The second-order valence-corrected chi connectivity index (χ2v) is 6.47. The zero-order chi connectivity index (χ0) is 15.5. The number of hydrogen-bond acceptors (Lipinski definition) is 6. The summed E-state index contributed by atoms with van der Waals surface area (Å²) in [5.74, 6) is 0.609. The molecule has 7 nitrogen and oxygen atoms in total. The van der Waals surface area contributed by atoms with Gasteiger partial charge in [0.2, 0.25) is 0 Å². The van der Waals surface area contributed by atoms with Crippen LogP contribution in [0.3, 0.4) is 0 Å². The van der Waals surface area contributed by atoms with Crippen molar-refractivity contribution >= 4 is 29.1 Å². The van der Waals surface area contributed by atoms with Crippen LogP contribution in [-0.2, 0) is 6.54 Å². The standard InChI is InChI=1S/C13H13ClN4O3S/c14-10-7-9(18(19)20)3-4-11(10)22-13-16-15-12(21-13)8-17-5-1-2-6-17/h3-4,7H,1-2,5-6,8H2/p+1. The Balaban J connectivity index is 1.68. The van der Waals surface area contributed by atoms with Crippen molar-refractivity contribution in [1.29, 1.82) is 0 Å². The molecule has 1 aliphatic heterocycles. The number of non-ortho nitro benzene ring substituents is 1. The molecular weight excluding hydrogens is 328 g/mol. The van der Waals surface area contributed by atoms with E-state index in [9.17, 15) is 10.1 Å². The van der Waals surface area contributed by atoms with E-state index in [1.54, 1.807) is 6.07 Å². The van der Waals surface area contributed by atoms with Crippen LogP contribution < -0.4 is 4.90 Å². The van der Waals surface area contributed by atoms with Crippen LogP contribution in [0.2, 0.25) is 5.02 Å². The van der Waals surface area contributed by atoms with E-state index in [1.807, 2.05) is 0 Å². The molecule has 116 valence electrons.